The molecule has 0 atom stereocenters. The van der Waals surface area contributed by atoms with E-state index in [0.29, 0.717) is 6.54 Å². The number of benzene rings is 5. The fraction of sp³-hybridized carbons (Fsp3) is 0.0357. The molecule has 0 aliphatic heterocycles. The topological polar surface area (TPSA) is 38.1 Å². The molecule has 3 heteroatoms. The number of allylic oxidation sites excluding steroid dienone is 1. The smallest absolute Gasteiger partial charge is 0.0899 e. The molecule has 0 N–H and O–H groups in total. The summed E-state index contributed by atoms with van der Waals surface area (Å²) in [6.07, 6.45) is 5.35. The highest BCUT2D eigenvalue weighted by atomic mass is 14.8. The van der Waals surface area contributed by atoms with Gasteiger partial charge in [0.1, 0.15) is 0 Å². The largest absolute Gasteiger partial charge is 0.288 e. The third-order valence-electron chi connectivity index (χ3n) is 5.95. The Hall–Kier alpha value is -4.11. The first-order valence-electron chi connectivity index (χ1n) is 10.4. The van der Waals surface area contributed by atoms with Gasteiger partial charge >= 0.3 is 0 Å². The summed E-state index contributed by atoms with van der Waals surface area (Å²) in [5.41, 5.74) is 5.04. The summed E-state index contributed by atoms with van der Waals surface area (Å²) < 4.78 is 0. The third kappa shape index (κ3) is 2.78. The molecule has 0 unspecified atom stereocenters. The van der Waals surface area contributed by atoms with Crippen molar-refractivity contribution in [2.75, 3.05) is 0 Å². The molecule has 0 radical (unpaired) electrons. The molecule has 3 nitrogen and oxygen atoms in total. The van der Waals surface area contributed by atoms with E-state index in [9.17, 15) is 0 Å². The molecule has 6 rings (SSSR count). The normalized spacial score (nSPS) is 12.0. The maximum absolute atomic E-state index is 4.90. The first kappa shape index (κ1) is 17.7. The molecule has 6 aromatic rings. The van der Waals surface area contributed by atoms with Gasteiger partial charge in [0.05, 0.1) is 29.5 Å². The minimum Gasteiger partial charge on any atom is -0.288 e. The highest BCUT2D eigenvalue weighted by Gasteiger charge is 2.14. The van der Waals surface area contributed by atoms with Crippen LogP contribution in [0.1, 0.15) is 5.56 Å². The molecule has 0 spiro atoms. The van der Waals surface area contributed by atoms with Crippen LogP contribution in [0.4, 0.5) is 0 Å². The van der Waals surface area contributed by atoms with Crippen molar-refractivity contribution >= 4 is 49.6 Å². The lowest BCUT2D eigenvalue weighted by molar-refractivity contribution is 1.10. The number of aromatic nitrogens is 2. The predicted octanol–water partition coefficient (Wildman–Crippen LogP) is 6.95. The second-order valence-corrected chi connectivity index (χ2v) is 7.73. The molecule has 0 fully saturated rings. The van der Waals surface area contributed by atoms with Gasteiger partial charge in [0.15, 0.2) is 0 Å². The molecule has 31 heavy (non-hydrogen) atoms. The predicted molar refractivity (Wildman–Crippen MR) is 131 cm³/mol. The van der Waals surface area contributed by atoms with E-state index < -0.39 is 0 Å². The number of para-hydroxylation sites is 2. The zero-order valence-electron chi connectivity index (χ0n) is 16.9. The second-order valence-electron chi connectivity index (χ2n) is 7.73. The van der Waals surface area contributed by atoms with Gasteiger partial charge < -0.3 is 0 Å². The monoisotopic (exact) mass is 397 g/mol. The van der Waals surface area contributed by atoms with E-state index in [1.165, 1.54) is 37.9 Å². The standard InChI is InChI=1S/C28H19N3/c1-2-15-29-16-20-8-7-18-11-14-23-22(13-10-19-9-12-21(20)27(18)28(19)23)26-17-30-24-5-3-4-6-25(24)31-26/h2-15,17H,1,16H2. The lowest BCUT2D eigenvalue weighted by Crippen LogP contribution is -1.93. The van der Waals surface area contributed by atoms with E-state index in [4.69, 9.17) is 4.98 Å². The van der Waals surface area contributed by atoms with Crippen molar-refractivity contribution in [3.05, 3.63) is 97.2 Å². The number of rotatable bonds is 4. The van der Waals surface area contributed by atoms with Crippen LogP contribution in [0.3, 0.4) is 0 Å². The van der Waals surface area contributed by atoms with Crippen LogP contribution in [0.25, 0.3) is 54.6 Å². The van der Waals surface area contributed by atoms with Gasteiger partial charge in [-0.05, 0) is 50.0 Å². The van der Waals surface area contributed by atoms with Gasteiger partial charge in [0.25, 0.3) is 0 Å². The average Bonchev–Trinajstić information content (AvgIpc) is 2.83. The Morgan fingerprint density at radius 3 is 2.32 bits per heavy atom. The summed E-state index contributed by atoms with van der Waals surface area (Å²) >= 11 is 0. The summed E-state index contributed by atoms with van der Waals surface area (Å²) in [4.78, 5) is 14.0. The molecular formula is C28H19N3. The molecule has 146 valence electrons. The summed E-state index contributed by atoms with van der Waals surface area (Å²) in [6.45, 7) is 4.36. The number of hydrogen-bond donors (Lipinski definition) is 0. The van der Waals surface area contributed by atoms with E-state index in [2.05, 4.69) is 65.1 Å². The Kier molecular flexibility index (Phi) is 4.00. The molecule has 5 aromatic carbocycles. The number of nitrogens with zero attached hydrogens (tertiary/aromatic N) is 3. The Morgan fingerprint density at radius 1 is 0.774 bits per heavy atom. The van der Waals surface area contributed by atoms with Crippen LogP contribution in [0.15, 0.2) is 96.6 Å². The van der Waals surface area contributed by atoms with Crippen molar-refractivity contribution in [3.63, 3.8) is 0 Å². The highest BCUT2D eigenvalue weighted by molar-refractivity contribution is 6.25. The van der Waals surface area contributed by atoms with Crippen LogP contribution in [0.2, 0.25) is 0 Å². The number of hydrogen-bond acceptors (Lipinski definition) is 3. The van der Waals surface area contributed by atoms with Gasteiger partial charge in [-0.15, -0.1) is 0 Å². The van der Waals surface area contributed by atoms with Crippen molar-refractivity contribution in [1.82, 2.24) is 9.97 Å². The molecule has 0 bridgehead atoms. The zero-order chi connectivity index (χ0) is 20.8. The highest BCUT2D eigenvalue weighted by Crippen LogP contribution is 2.40. The maximum Gasteiger partial charge on any atom is 0.0899 e. The van der Waals surface area contributed by atoms with Crippen LogP contribution in [-0.2, 0) is 6.54 Å². The molecule has 0 saturated carbocycles. The SMILES string of the molecule is C=CC=NCc1ccc2ccc3c(-c4cnc5ccccc5n4)ccc4ccc1c2c43. The molecule has 1 heterocycles. The van der Waals surface area contributed by atoms with Crippen molar-refractivity contribution in [1.29, 1.82) is 0 Å². The number of fused-ring (bicyclic) bond motifs is 1. The minimum atomic E-state index is 0.642. The number of aliphatic imine (C=N–C) groups is 1. The first-order chi connectivity index (χ1) is 15.3. The van der Waals surface area contributed by atoms with Crippen molar-refractivity contribution in [2.24, 2.45) is 4.99 Å². The van der Waals surface area contributed by atoms with Crippen molar-refractivity contribution in [2.45, 2.75) is 6.54 Å². The van der Waals surface area contributed by atoms with Gasteiger partial charge in [-0.25, -0.2) is 4.98 Å². The molecule has 0 amide bonds. The van der Waals surface area contributed by atoms with E-state index in [1.807, 2.05) is 30.5 Å². The average molecular weight is 397 g/mol. The third-order valence-corrected chi connectivity index (χ3v) is 5.95. The summed E-state index contributed by atoms with van der Waals surface area (Å²) in [5.74, 6) is 0. The molecule has 0 aliphatic rings. The quantitative estimate of drug-likeness (QED) is 0.238. The van der Waals surface area contributed by atoms with Crippen molar-refractivity contribution in [3.8, 4) is 11.3 Å². The molecular weight excluding hydrogens is 378 g/mol. The zero-order valence-corrected chi connectivity index (χ0v) is 16.9. The van der Waals surface area contributed by atoms with E-state index >= 15 is 0 Å². The maximum atomic E-state index is 4.90. The lowest BCUT2D eigenvalue weighted by atomic mass is 9.89. The Morgan fingerprint density at radius 2 is 1.48 bits per heavy atom. The Bertz CT molecular complexity index is 1630. The van der Waals surface area contributed by atoms with Crippen LogP contribution in [0.5, 0.6) is 0 Å². The van der Waals surface area contributed by atoms with Gasteiger partial charge in [-0.3, -0.25) is 9.98 Å². The summed E-state index contributed by atoms with van der Waals surface area (Å²) in [5, 5.41) is 7.49. The lowest BCUT2D eigenvalue weighted by Gasteiger charge is -2.15. The molecule has 0 aliphatic carbocycles. The van der Waals surface area contributed by atoms with Crippen LogP contribution < -0.4 is 0 Å². The summed E-state index contributed by atoms with van der Waals surface area (Å²) in [6, 6.07) is 25.6. The first-order valence-corrected chi connectivity index (χ1v) is 10.4. The van der Waals surface area contributed by atoms with Gasteiger partial charge in [0, 0.05) is 11.8 Å². The van der Waals surface area contributed by atoms with E-state index in [0.717, 1.165) is 22.3 Å². The van der Waals surface area contributed by atoms with Crippen molar-refractivity contribution < 1.29 is 0 Å². The fourth-order valence-electron chi connectivity index (χ4n) is 4.54. The van der Waals surface area contributed by atoms with Crippen LogP contribution in [-0.4, -0.2) is 16.2 Å². The molecule has 1 aromatic heterocycles. The fourth-order valence-corrected chi connectivity index (χ4v) is 4.54. The summed E-state index contributed by atoms with van der Waals surface area (Å²) in [7, 11) is 0. The minimum absolute atomic E-state index is 0.642. The second kappa shape index (κ2) is 6.99. The van der Waals surface area contributed by atoms with Crippen LogP contribution in [0, 0.1) is 0 Å². The van der Waals surface area contributed by atoms with E-state index in [-0.39, 0.29) is 0 Å². The molecule has 0 saturated heterocycles. The van der Waals surface area contributed by atoms with E-state index in [1.54, 1.807) is 12.3 Å². The Balaban J connectivity index is 1.64. The van der Waals surface area contributed by atoms with Crippen LogP contribution >= 0.6 is 0 Å². The van der Waals surface area contributed by atoms with Gasteiger partial charge in [0.2, 0.25) is 0 Å². The van der Waals surface area contributed by atoms with Gasteiger partial charge in [-0.1, -0.05) is 73.3 Å². The Labute approximate surface area is 179 Å². The van der Waals surface area contributed by atoms with Gasteiger partial charge in [-0.2, -0.15) is 0 Å².